The number of aliphatic imine (C=N–C) groups is 1. The minimum absolute atomic E-state index is 0.0205. The van der Waals surface area contributed by atoms with E-state index in [1.165, 1.54) is 6.42 Å². The van der Waals surface area contributed by atoms with Crippen molar-refractivity contribution in [3.63, 3.8) is 0 Å². The summed E-state index contributed by atoms with van der Waals surface area (Å²) in [5.74, 6) is -0.302. The van der Waals surface area contributed by atoms with Crippen molar-refractivity contribution >= 4 is 23.2 Å². The van der Waals surface area contributed by atoms with Gasteiger partial charge in [-0.15, -0.1) is 0 Å². The molecule has 2 aliphatic rings. The van der Waals surface area contributed by atoms with Gasteiger partial charge in [-0.3, -0.25) is 9.59 Å². The van der Waals surface area contributed by atoms with Crippen LogP contribution in [-0.4, -0.2) is 30.7 Å². The van der Waals surface area contributed by atoms with Crippen LogP contribution in [0.3, 0.4) is 0 Å². The molecule has 1 heterocycles. The summed E-state index contributed by atoms with van der Waals surface area (Å²) < 4.78 is 0. The second-order valence-electron chi connectivity index (χ2n) is 7.50. The molecule has 1 unspecified atom stereocenters. The topological polar surface area (TPSA) is 61.8 Å². The highest BCUT2D eigenvalue weighted by molar-refractivity contribution is 6.20. The molecule has 5 nitrogen and oxygen atoms in total. The summed E-state index contributed by atoms with van der Waals surface area (Å²) in [6.07, 6.45) is 4.18. The van der Waals surface area contributed by atoms with E-state index in [0.29, 0.717) is 0 Å². The van der Waals surface area contributed by atoms with Crippen molar-refractivity contribution < 1.29 is 9.59 Å². The molecule has 0 saturated heterocycles. The van der Waals surface area contributed by atoms with Crippen molar-refractivity contribution in [2.24, 2.45) is 10.9 Å². The van der Waals surface area contributed by atoms with Crippen LogP contribution < -0.4 is 10.2 Å². The standard InChI is InChI=1S/C23H25N3O2/c1-26-19-15-9-8-14-18(19)20(16-10-4-2-5-11-16)24-21(23(26)28)25-22(27)17-12-6-3-7-13-17/h2,4-5,8-11,14-15,17,21H,3,6-7,12-13H2,1H3,(H,25,27). The second-order valence-corrected chi connectivity index (χ2v) is 7.50. The first-order valence-corrected chi connectivity index (χ1v) is 9.96. The molecule has 2 amide bonds. The van der Waals surface area contributed by atoms with E-state index in [1.54, 1.807) is 11.9 Å². The third kappa shape index (κ3) is 3.57. The summed E-state index contributed by atoms with van der Waals surface area (Å²) in [6.45, 7) is 0. The van der Waals surface area contributed by atoms with Crippen molar-refractivity contribution in [2.75, 3.05) is 11.9 Å². The quantitative estimate of drug-likeness (QED) is 0.892. The smallest absolute Gasteiger partial charge is 0.272 e. The first-order valence-electron chi connectivity index (χ1n) is 9.96. The predicted molar refractivity (Wildman–Crippen MR) is 110 cm³/mol. The Balaban J connectivity index is 1.72. The van der Waals surface area contributed by atoms with Crippen LogP contribution in [0.15, 0.2) is 59.6 Å². The number of fused-ring (bicyclic) bond motifs is 1. The Morgan fingerprint density at radius 1 is 1.00 bits per heavy atom. The van der Waals surface area contributed by atoms with Crippen LogP contribution in [0.5, 0.6) is 0 Å². The number of benzodiazepines with no additional fused rings is 1. The van der Waals surface area contributed by atoms with Gasteiger partial charge in [0.2, 0.25) is 12.1 Å². The summed E-state index contributed by atoms with van der Waals surface area (Å²) in [6, 6.07) is 17.5. The van der Waals surface area contributed by atoms with Gasteiger partial charge in [-0.1, -0.05) is 67.8 Å². The van der Waals surface area contributed by atoms with E-state index in [1.807, 2.05) is 54.6 Å². The van der Waals surface area contributed by atoms with Crippen LogP contribution >= 0.6 is 0 Å². The Hall–Kier alpha value is -2.95. The molecule has 0 spiro atoms. The zero-order valence-corrected chi connectivity index (χ0v) is 16.1. The number of nitrogens with zero attached hydrogens (tertiary/aromatic N) is 2. The Bertz CT molecular complexity index is 901. The van der Waals surface area contributed by atoms with Crippen LogP contribution in [-0.2, 0) is 9.59 Å². The van der Waals surface area contributed by atoms with Gasteiger partial charge in [0.15, 0.2) is 0 Å². The number of carbonyl (C=O) groups excluding carboxylic acids is 2. The van der Waals surface area contributed by atoms with Gasteiger partial charge in [0, 0.05) is 24.1 Å². The first-order chi connectivity index (χ1) is 13.6. The molecule has 4 rings (SSSR count). The van der Waals surface area contributed by atoms with Crippen LogP contribution in [0, 0.1) is 5.92 Å². The summed E-state index contributed by atoms with van der Waals surface area (Å²) in [5.41, 5.74) is 3.33. The van der Waals surface area contributed by atoms with Crippen molar-refractivity contribution in [3.05, 3.63) is 65.7 Å². The average Bonchev–Trinajstić information content (AvgIpc) is 2.86. The van der Waals surface area contributed by atoms with E-state index in [2.05, 4.69) is 5.32 Å². The summed E-state index contributed by atoms with van der Waals surface area (Å²) in [7, 11) is 1.74. The highest BCUT2D eigenvalue weighted by Gasteiger charge is 2.32. The maximum Gasteiger partial charge on any atom is 0.272 e. The lowest BCUT2D eigenvalue weighted by molar-refractivity contribution is -0.130. The molecule has 0 bridgehead atoms. The molecule has 28 heavy (non-hydrogen) atoms. The van der Waals surface area contributed by atoms with Gasteiger partial charge in [-0.05, 0) is 18.9 Å². The third-order valence-electron chi connectivity index (χ3n) is 5.65. The molecule has 1 N–H and O–H groups in total. The van der Waals surface area contributed by atoms with E-state index in [0.717, 1.165) is 48.2 Å². The number of benzene rings is 2. The maximum absolute atomic E-state index is 13.1. The van der Waals surface area contributed by atoms with Gasteiger partial charge in [0.25, 0.3) is 5.91 Å². The van der Waals surface area contributed by atoms with E-state index in [9.17, 15) is 9.59 Å². The summed E-state index contributed by atoms with van der Waals surface area (Å²) in [4.78, 5) is 32.2. The highest BCUT2D eigenvalue weighted by Crippen LogP contribution is 2.28. The minimum Gasteiger partial charge on any atom is -0.326 e. The van der Waals surface area contributed by atoms with Gasteiger partial charge in [-0.2, -0.15) is 0 Å². The number of carbonyl (C=O) groups is 2. The monoisotopic (exact) mass is 375 g/mol. The number of rotatable bonds is 3. The number of likely N-dealkylation sites (N-methyl/N-ethyl adjacent to an activating group) is 1. The molecule has 2 aromatic rings. The molecule has 1 aliphatic heterocycles. The minimum atomic E-state index is -0.915. The Morgan fingerprint density at radius 3 is 2.43 bits per heavy atom. The van der Waals surface area contributed by atoms with E-state index >= 15 is 0 Å². The number of para-hydroxylation sites is 1. The lowest BCUT2D eigenvalue weighted by Crippen LogP contribution is -2.48. The van der Waals surface area contributed by atoms with E-state index in [4.69, 9.17) is 4.99 Å². The lowest BCUT2D eigenvalue weighted by atomic mass is 9.88. The van der Waals surface area contributed by atoms with E-state index < -0.39 is 6.17 Å². The van der Waals surface area contributed by atoms with Gasteiger partial charge in [-0.25, -0.2) is 4.99 Å². The summed E-state index contributed by atoms with van der Waals surface area (Å²) in [5, 5.41) is 2.93. The maximum atomic E-state index is 13.1. The van der Waals surface area contributed by atoms with Crippen molar-refractivity contribution in [1.29, 1.82) is 0 Å². The Morgan fingerprint density at radius 2 is 1.68 bits per heavy atom. The molecule has 1 aliphatic carbocycles. The van der Waals surface area contributed by atoms with Gasteiger partial charge >= 0.3 is 0 Å². The van der Waals surface area contributed by atoms with E-state index in [-0.39, 0.29) is 17.7 Å². The molecule has 5 heteroatoms. The molecule has 144 valence electrons. The third-order valence-corrected chi connectivity index (χ3v) is 5.65. The Labute approximate surface area is 165 Å². The van der Waals surface area contributed by atoms with Crippen molar-refractivity contribution in [2.45, 2.75) is 38.3 Å². The molecule has 1 atom stereocenters. The number of hydrogen-bond donors (Lipinski definition) is 1. The molecule has 2 aromatic carbocycles. The normalized spacial score (nSPS) is 20.2. The molecular weight excluding hydrogens is 350 g/mol. The van der Waals surface area contributed by atoms with Gasteiger partial charge < -0.3 is 10.2 Å². The highest BCUT2D eigenvalue weighted by atomic mass is 16.2. The average molecular weight is 375 g/mol. The number of nitrogens with one attached hydrogen (secondary N) is 1. The fraction of sp³-hybridized carbons (Fsp3) is 0.348. The van der Waals surface area contributed by atoms with Crippen molar-refractivity contribution in [3.8, 4) is 0 Å². The molecule has 1 saturated carbocycles. The second kappa shape index (κ2) is 7.97. The largest absolute Gasteiger partial charge is 0.326 e. The van der Waals surface area contributed by atoms with Crippen LogP contribution in [0.2, 0.25) is 0 Å². The zero-order valence-electron chi connectivity index (χ0n) is 16.1. The molecule has 0 aromatic heterocycles. The van der Waals surface area contributed by atoms with Crippen LogP contribution in [0.4, 0.5) is 5.69 Å². The number of anilines is 1. The SMILES string of the molecule is CN1C(=O)C(NC(=O)C2CCCCC2)N=C(c2ccccc2)c2ccccc21. The first kappa shape index (κ1) is 18.4. The number of hydrogen-bond acceptors (Lipinski definition) is 3. The fourth-order valence-corrected chi connectivity index (χ4v) is 4.06. The lowest BCUT2D eigenvalue weighted by Gasteiger charge is -2.24. The fourth-order valence-electron chi connectivity index (χ4n) is 4.06. The molecular formula is C23H25N3O2. The summed E-state index contributed by atoms with van der Waals surface area (Å²) >= 11 is 0. The molecule has 1 fully saturated rings. The molecule has 0 radical (unpaired) electrons. The Kier molecular flexibility index (Phi) is 5.24. The zero-order chi connectivity index (χ0) is 19.5. The van der Waals surface area contributed by atoms with Gasteiger partial charge in [0.05, 0.1) is 11.4 Å². The number of amides is 2. The van der Waals surface area contributed by atoms with Crippen molar-refractivity contribution in [1.82, 2.24) is 5.32 Å². The van der Waals surface area contributed by atoms with Crippen LogP contribution in [0.1, 0.15) is 43.2 Å². The van der Waals surface area contributed by atoms with Crippen LogP contribution in [0.25, 0.3) is 0 Å². The predicted octanol–water partition coefficient (Wildman–Crippen LogP) is 3.52. The van der Waals surface area contributed by atoms with Gasteiger partial charge in [0.1, 0.15) is 0 Å².